The van der Waals surface area contributed by atoms with Crippen molar-refractivity contribution in [3.05, 3.63) is 29.8 Å². The van der Waals surface area contributed by atoms with Gasteiger partial charge in [0.1, 0.15) is 0 Å². The summed E-state index contributed by atoms with van der Waals surface area (Å²) in [6.07, 6.45) is 0.0904. The van der Waals surface area contributed by atoms with Crippen molar-refractivity contribution in [2.75, 3.05) is 6.54 Å². The third kappa shape index (κ3) is 6.24. The Morgan fingerprint density at radius 2 is 1.95 bits per heavy atom. The fourth-order valence-electron chi connectivity index (χ4n) is 1.70. The van der Waals surface area contributed by atoms with Crippen molar-refractivity contribution in [2.24, 2.45) is 5.73 Å². The lowest BCUT2D eigenvalue weighted by atomic mass is 10.1. The molecule has 0 heterocycles. The minimum absolute atomic E-state index is 0.0527. The normalized spacial score (nSPS) is 12.2. The van der Waals surface area contributed by atoms with E-state index in [1.807, 2.05) is 20.8 Å². The van der Waals surface area contributed by atoms with Crippen molar-refractivity contribution >= 4 is 15.9 Å². The van der Waals surface area contributed by atoms with Gasteiger partial charge in [0.05, 0.1) is 4.90 Å². The molecule has 7 heteroatoms. The van der Waals surface area contributed by atoms with Crippen LogP contribution >= 0.6 is 0 Å². The van der Waals surface area contributed by atoms with Crippen molar-refractivity contribution in [2.45, 2.75) is 44.2 Å². The SMILES string of the molecule is CC(C)(C)NC(=O)CCNS(=O)(=O)c1cccc(CN)c1. The van der Waals surface area contributed by atoms with Crippen molar-refractivity contribution < 1.29 is 13.2 Å². The van der Waals surface area contributed by atoms with Gasteiger partial charge < -0.3 is 11.1 Å². The number of nitrogens with one attached hydrogen (secondary N) is 2. The minimum Gasteiger partial charge on any atom is -0.351 e. The van der Waals surface area contributed by atoms with Crippen molar-refractivity contribution in [1.82, 2.24) is 10.0 Å². The van der Waals surface area contributed by atoms with Gasteiger partial charge in [-0.1, -0.05) is 12.1 Å². The van der Waals surface area contributed by atoms with Crippen LogP contribution in [0.15, 0.2) is 29.2 Å². The molecule has 0 radical (unpaired) electrons. The smallest absolute Gasteiger partial charge is 0.240 e. The van der Waals surface area contributed by atoms with Crippen LogP contribution in [-0.2, 0) is 21.4 Å². The molecule has 0 bridgehead atoms. The number of nitrogens with two attached hydrogens (primary N) is 1. The molecule has 1 rings (SSSR count). The molecule has 0 aliphatic heterocycles. The summed E-state index contributed by atoms with van der Waals surface area (Å²) >= 11 is 0. The standard InChI is InChI=1S/C14H23N3O3S/c1-14(2,3)17-13(18)7-8-16-21(19,20)12-6-4-5-11(9-12)10-15/h4-6,9,16H,7-8,10,15H2,1-3H3,(H,17,18). The Labute approximate surface area is 126 Å². The first kappa shape index (κ1) is 17.6. The lowest BCUT2D eigenvalue weighted by Gasteiger charge is -2.20. The highest BCUT2D eigenvalue weighted by molar-refractivity contribution is 7.89. The van der Waals surface area contributed by atoms with Crippen LogP contribution in [0.1, 0.15) is 32.8 Å². The molecule has 0 aliphatic carbocycles. The van der Waals surface area contributed by atoms with Gasteiger partial charge in [0.15, 0.2) is 0 Å². The predicted octanol–water partition coefficient (Wildman–Crippen LogP) is 0.728. The molecule has 4 N–H and O–H groups in total. The molecule has 6 nitrogen and oxygen atoms in total. The number of sulfonamides is 1. The number of hydrogen-bond acceptors (Lipinski definition) is 4. The molecule has 0 unspecified atom stereocenters. The van der Waals surface area contributed by atoms with Crippen LogP contribution in [0.3, 0.4) is 0 Å². The Morgan fingerprint density at radius 1 is 1.29 bits per heavy atom. The molecule has 0 aromatic heterocycles. The zero-order chi connectivity index (χ0) is 16.1. The Kier molecular flexibility index (Phi) is 5.88. The number of benzene rings is 1. The third-order valence-corrected chi connectivity index (χ3v) is 4.06. The zero-order valence-corrected chi connectivity index (χ0v) is 13.5. The molecule has 1 aromatic carbocycles. The monoisotopic (exact) mass is 313 g/mol. The lowest BCUT2D eigenvalue weighted by Crippen LogP contribution is -2.41. The molecule has 118 valence electrons. The van der Waals surface area contributed by atoms with E-state index in [2.05, 4.69) is 10.0 Å². The van der Waals surface area contributed by atoms with Crippen LogP contribution in [0.2, 0.25) is 0 Å². The average Bonchev–Trinajstić information content (AvgIpc) is 2.36. The highest BCUT2D eigenvalue weighted by Crippen LogP contribution is 2.11. The van der Waals surface area contributed by atoms with Gasteiger partial charge in [-0.05, 0) is 38.5 Å². The number of carbonyl (C=O) groups is 1. The van der Waals surface area contributed by atoms with Crippen LogP contribution in [0.5, 0.6) is 0 Å². The van der Waals surface area contributed by atoms with E-state index in [0.717, 1.165) is 5.56 Å². The van der Waals surface area contributed by atoms with Crippen LogP contribution in [-0.4, -0.2) is 26.4 Å². The van der Waals surface area contributed by atoms with Crippen LogP contribution in [0, 0.1) is 0 Å². The van der Waals surface area contributed by atoms with Crippen molar-refractivity contribution in [3.63, 3.8) is 0 Å². The van der Waals surface area contributed by atoms with E-state index in [0.29, 0.717) is 0 Å². The zero-order valence-electron chi connectivity index (χ0n) is 12.6. The van der Waals surface area contributed by atoms with E-state index in [4.69, 9.17) is 5.73 Å². The van der Waals surface area contributed by atoms with Gasteiger partial charge in [0, 0.05) is 25.0 Å². The van der Waals surface area contributed by atoms with Gasteiger partial charge in [0.25, 0.3) is 0 Å². The fourth-order valence-corrected chi connectivity index (χ4v) is 2.80. The second-order valence-electron chi connectivity index (χ2n) is 5.80. The molecule has 1 aromatic rings. The Balaban J connectivity index is 2.59. The molecule has 0 spiro atoms. The largest absolute Gasteiger partial charge is 0.351 e. The van der Waals surface area contributed by atoms with Gasteiger partial charge in [-0.25, -0.2) is 13.1 Å². The average molecular weight is 313 g/mol. The number of amides is 1. The van der Waals surface area contributed by atoms with Crippen LogP contribution in [0.4, 0.5) is 0 Å². The molecule has 21 heavy (non-hydrogen) atoms. The molecule has 0 aliphatic rings. The first-order valence-corrected chi connectivity index (χ1v) is 8.22. The summed E-state index contributed by atoms with van der Waals surface area (Å²) in [7, 11) is -3.62. The molecule has 0 atom stereocenters. The minimum atomic E-state index is -3.62. The third-order valence-electron chi connectivity index (χ3n) is 2.60. The summed E-state index contributed by atoms with van der Waals surface area (Å²) in [5.74, 6) is -0.194. The fraction of sp³-hybridized carbons (Fsp3) is 0.500. The Hall–Kier alpha value is -1.44. The van der Waals surface area contributed by atoms with Gasteiger partial charge in [-0.2, -0.15) is 0 Å². The summed E-state index contributed by atoms with van der Waals surface area (Å²) in [6.45, 7) is 5.93. The Bertz CT molecular complexity index is 592. The number of carbonyl (C=O) groups excluding carboxylic acids is 1. The van der Waals surface area contributed by atoms with Crippen molar-refractivity contribution in [3.8, 4) is 0 Å². The van der Waals surface area contributed by atoms with Crippen LogP contribution in [0.25, 0.3) is 0 Å². The van der Waals surface area contributed by atoms with E-state index in [1.54, 1.807) is 12.1 Å². The topological polar surface area (TPSA) is 101 Å². The lowest BCUT2D eigenvalue weighted by molar-refractivity contribution is -0.122. The van der Waals surface area contributed by atoms with Gasteiger partial charge >= 0.3 is 0 Å². The second-order valence-corrected chi connectivity index (χ2v) is 7.56. The first-order valence-electron chi connectivity index (χ1n) is 6.74. The highest BCUT2D eigenvalue weighted by atomic mass is 32.2. The van der Waals surface area contributed by atoms with E-state index in [-0.39, 0.29) is 35.9 Å². The maximum atomic E-state index is 12.1. The number of rotatable bonds is 6. The summed E-state index contributed by atoms with van der Waals surface area (Å²) in [5, 5.41) is 2.77. The maximum absolute atomic E-state index is 12.1. The van der Waals surface area contributed by atoms with Gasteiger partial charge in [0.2, 0.25) is 15.9 Å². The van der Waals surface area contributed by atoms with Crippen LogP contribution < -0.4 is 15.8 Å². The number of hydrogen-bond donors (Lipinski definition) is 3. The summed E-state index contributed by atoms with van der Waals surface area (Å²) in [4.78, 5) is 11.8. The first-order chi connectivity index (χ1) is 9.64. The second kappa shape index (κ2) is 7.02. The molecule has 1 amide bonds. The molecular weight excluding hydrogens is 290 g/mol. The maximum Gasteiger partial charge on any atom is 0.240 e. The molecule has 0 saturated heterocycles. The van der Waals surface area contributed by atoms with E-state index in [1.165, 1.54) is 12.1 Å². The van der Waals surface area contributed by atoms with E-state index >= 15 is 0 Å². The summed E-state index contributed by atoms with van der Waals surface area (Å²) in [6, 6.07) is 6.42. The van der Waals surface area contributed by atoms with Gasteiger partial charge in [-0.3, -0.25) is 4.79 Å². The van der Waals surface area contributed by atoms with Crippen molar-refractivity contribution in [1.29, 1.82) is 0 Å². The molecule has 0 saturated carbocycles. The van der Waals surface area contributed by atoms with Gasteiger partial charge in [-0.15, -0.1) is 0 Å². The molecular formula is C14H23N3O3S. The summed E-state index contributed by atoms with van der Waals surface area (Å²) in [5.41, 5.74) is 5.90. The van der Waals surface area contributed by atoms with E-state index in [9.17, 15) is 13.2 Å². The molecule has 0 fully saturated rings. The quantitative estimate of drug-likeness (QED) is 0.720. The van der Waals surface area contributed by atoms with E-state index < -0.39 is 10.0 Å². The summed E-state index contributed by atoms with van der Waals surface area (Å²) < 4.78 is 26.6. The predicted molar refractivity (Wildman–Crippen MR) is 82.0 cm³/mol. The highest BCUT2D eigenvalue weighted by Gasteiger charge is 2.16. The Morgan fingerprint density at radius 3 is 2.52 bits per heavy atom.